The van der Waals surface area contributed by atoms with Crippen molar-refractivity contribution in [3.63, 3.8) is 0 Å². The molecule has 0 amide bonds. The summed E-state index contributed by atoms with van der Waals surface area (Å²) in [6, 6.07) is 17.0. The Kier molecular flexibility index (Phi) is 5.30. The molecular formula is C21H26N2OS. The van der Waals surface area contributed by atoms with Crippen LogP contribution in [0.15, 0.2) is 58.3 Å². The molecule has 2 heterocycles. The van der Waals surface area contributed by atoms with E-state index in [9.17, 15) is 5.11 Å². The van der Waals surface area contributed by atoms with Crippen LogP contribution >= 0.6 is 11.8 Å². The van der Waals surface area contributed by atoms with Crippen molar-refractivity contribution in [3.8, 4) is 0 Å². The van der Waals surface area contributed by atoms with Gasteiger partial charge in [-0.3, -0.25) is 0 Å². The number of benzene rings is 2. The summed E-state index contributed by atoms with van der Waals surface area (Å²) in [6.45, 7) is 3.67. The van der Waals surface area contributed by atoms with Gasteiger partial charge in [-0.2, -0.15) is 0 Å². The van der Waals surface area contributed by atoms with Crippen molar-refractivity contribution in [3.05, 3.63) is 48.5 Å². The van der Waals surface area contributed by atoms with E-state index in [4.69, 9.17) is 0 Å². The smallest absolute Gasteiger partial charge is 0.0845 e. The van der Waals surface area contributed by atoms with Gasteiger partial charge in [0.05, 0.1) is 24.0 Å². The van der Waals surface area contributed by atoms with Gasteiger partial charge in [-0.15, -0.1) is 0 Å². The minimum Gasteiger partial charge on any atom is -0.390 e. The van der Waals surface area contributed by atoms with Crippen LogP contribution in [0.25, 0.3) is 0 Å². The number of fused-ring (bicyclic) bond motifs is 2. The van der Waals surface area contributed by atoms with Crippen LogP contribution in [0.5, 0.6) is 0 Å². The number of β-amino-alcohol motifs (C(OH)–C–C–N with tert-alkyl or cyclic N) is 1. The summed E-state index contributed by atoms with van der Waals surface area (Å²) >= 11 is 1.82. The van der Waals surface area contributed by atoms with E-state index in [2.05, 4.69) is 58.3 Å². The Bertz CT molecular complexity index is 667. The number of hydrogen-bond acceptors (Lipinski definition) is 4. The molecule has 2 aromatic rings. The van der Waals surface area contributed by atoms with E-state index in [1.165, 1.54) is 46.8 Å². The highest BCUT2D eigenvalue weighted by atomic mass is 32.2. The Hall–Kier alpha value is -1.49. The second-order valence-corrected chi connectivity index (χ2v) is 8.10. The van der Waals surface area contributed by atoms with Crippen LogP contribution in [0.4, 0.5) is 11.4 Å². The molecule has 2 aromatic carbocycles. The van der Waals surface area contributed by atoms with Crippen molar-refractivity contribution in [2.75, 3.05) is 31.1 Å². The number of anilines is 2. The van der Waals surface area contributed by atoms with Crippen molar-refractivity contribution >= 4 is 23.1 Å². The molecule has 1 N–H and O–H groups in total. The topological polar surface area (TPSA) is 26.7 Å². The Labute approximate surface area is 154 Å². The SMILES string of the molecule is O[C@@H](CN1CCCCCC1)CN1c2ccccc2Sc2ccccc21. The minimum absolute atomic E-state index is 0.345. The standard InChI is InChI=1S/C21H26N2OS/c24-17(15-22-13-7-1-2-8-14-22)16-23-18-9-3-5-11-20(18)25-21-12-6-4-10-19(21)23/h3-6,9-12,17,24H,1-2,7-8,13-16H2/t17-/m0/s1. The third-order valence-corrected chi connectivity index (χ3v) is 6.22. The van der Waals surface area contributed by atoms with Gasteiger partial charge in [0.25, 0.3) is 0 Å². The van der Waals surface area contributed by atoms with E-state index < -0.39 is 0 Å². The van der Waals surface area contributed by atoms with E-state index >= 15 is 0 Å². The fraction of sp³-hybridized carbons (Fsp3) is 0.429. The van der Waals surface area contributed by atoms with Crippen LogP contribution in [0.2, 0.25) is 0 Å². The predicted octanol–water partition coefficient (Wildman–Crippen LogP) is 4.53. The molecule has 132 valence electrons. The number of hydrogen-bond donors (Lipinski definition) is 1. The molecule has 0 saturated carbocycles. The van der Waals surface area contributed by atoms with E-state index in [-0.39, 0.29) is 6.10 Å². The van der Waals surface area contributed by atoms with E-state index in [1.807, 2.05) is 11.8 Å². The maximum Gasteiger partial charge on any atom is 0.0845 e. The zero-order valence-corrected chi connectivity index (χ0v) is 15.4. The summed E-state index contributed by atoms with van der Waals surface area (Å²) in [4.78, 5) is 7.27. The average Bonchev–Trinajstić information content (AvgIpc) is 2.90. The van der Waals surface area contributed by atoms with Gasteiger partial charge in [-0.05, 0) is 50.2 Å². The quantitative estimate of drug-likeness (QED) is 0.873. The molecule has 2 aliphatic rings. The van der Waals surface area contributed by atoms with Gasteiger partial charge in [0.1, 0.15) is 0 Å². The monoisotopic (exact) mass is 354 g/mol. The van der Waals surface area contributed by atoms with Crippen molar-refractivity contribution in [2.24, 2.45) is 0 Å². The van der Waals surface area contributed by atoms with Crippen LogP contribution in [0, 0.1) is 0 Å². The van der Waals surface area contributed by atoms with Crippen LogP contribution in [0.3, 0.4) is 0 Å². The zero-order chi connectivity index (χ0) is 17.1. The first-order valence-corrected chi connectivity index (χ1v) is 10.2. The summed E-state index contributed by atoms with van der Waals surface area (Å²) in [7, 11) is 0. The molecule has 2 aliphatic heterocycles. The van der Waals surface area contributed by atoms with Gasteiger partial charge in [-0.25, -0.2) is 0 Å². The molecule has 1 fully saturated rings. The fourth-order valence-electron chi connectivity index (χ4n) is 3.86. The van der Waals surface area contributed by atoms with Crippen LogP contribution in [0.1, 0.15) is 25.7 Å². The van der Waals surface area contributed by atoms with E-state index in [1.54, 1.807) is 0 Å². The van der Waals surface area contributed by atoms with Crippen LogP contribution in [-0.2, 0) is 0 Å². The third kappa shape index (κ3) is 3.86. The first-order chi connectivity index (χ1) is 12.3. The van der Waals surface area contributed by atoms with Crippen LogP contribution in [-0.4, -0.2) is 42.3 Å². The van der Waals surface area contributed by atoms with E-state index in [0.29, 0.717) is 6.54 Å². The Morgan fingerprint density at radius 3 is 1.96 bits per heavy atom. The molecule has 3 nitrogen and oxygen atoms in total. The van der Waals surface area contributed by atoms with Gasteiger partial charge in [0.15, 0.2) is 0 Å². The molecule has 1 atom stereocenters. The molecule has 0 unspecified atom stereocenters. The highest BCUT2D eigenvalue weighted by Gasteiger charge is 2.25. The number of likely N-dealkylation sites (tertiary alicyclic amines) is 1. The number of aliphatic hydroxyl groups excluding tert-OH is 1. The summed E-state index contributed by atoms with van der Waals surface area (Å²) in [5, 5.41) is 10.8. The average molecular weight is 355 g/mol. The van der Waals surface area contributed by atoms with Gasteiger partial charge >= 0.3 is 0 Å². The predicted molar refractivity (Wildman–Crippen MR) is 105 cm³/mol. The molecule has 0 spiro atoms. The van der Waals surface area contributed by atoms with Crippen LogP contribution < -0.4 is 4.90 Å². The fourth-order valence-corrected chi connectivity index (χ4v) is 4.96. The molecule has 25 heavy (non-hydrogen) atoms. The summed E-state index contributed by atoms with van der Waals surface area (Å²) in [5.41, 5.74) is 2.42. The van der Waals surface area contributed by atoms with Crippen molar-refractivity contribution < 1.29 is 5.11 Å². The second kappa shape index (κ2) is 7.81. The number of aliphatic hydroxyl groups is 1. The molecule has 4 rings (SSSR count). The van der Waals surface area contributed by atoms with Crippen molar-refractivity contribution in [1.29, 1.82) is 0 Å². The van der Waals surface area contributed by atoms with Gasteiger partial charge < -0.3 is 14.9 Å². The molecule has 0 radical (unpaired) electrons. The lowest BCUT2D eigenvalue weighted by molar-refractivity contribution is 0.120. The minimum atomic E-state index is -0.345. The number of nitrogens with zero attached hydrogens (tertiary/aromatic N) is 2. The lowest BCUT2D eigenvalue weighted by Gasteiger charge is -2.35. The summed E-state index contributed by atoms with van der Waals surface area (Å²) in [6.07, 6.45) is 4.84. The largest absolute Gasteiger partial charge is 0.390 e. The van der Waals surface area contributed by atoms with Gasteiger partial charge in [0, 0.05) is 16.3 Å². The molecule has 4 heteroatoms. The van der Waals surface area contributed by atoms with Crippen molar-refractivity contribution in [1.82, 2.24) is 4.90 Å². The molecule has 0 aromatic heterocycles. The van der Waals surface area contributed by atoms with Gasteiger partial charge in [0.2, 0.25) is 0 Å². The Morgan fingerprint density at radius 2 is 1.36 bits per heavy atom. The third-order valence-electron chi connectivity index (χ3n) is 5.09. The first kappa shape index (κ1) is 17.0. The maximum absolute atomic E-state index is 10.8. The van der Waals surface area contributed by atoms with Gasteiger partial charge in [-0.1, -0.05) is 48.9 Å². The summed E-state index contributed by atoms with van der Waals surface area (Å²) < 4.78 is 0. The number of rotatable bonds is 4. The lowest BCUT2D eigenvalue weighted by atomic mass is 10.2. The van der Waals surface area contributed by atoms with E-state index in [0.717, 1.165) is 19.6 Å². The maximum atomic E-state index is 10.8. The first-order valence-electron chi connectivity index (χ1n) is 9.35. The Balaban J connectivity index is 1.53. The second-order valence-electron chi connectivity index (χ2n) is 7.02. The lowest BCUT2D eigenvalue weighted by Crippen LogP contribution is -2.40. The van der Waals surface area contributed by atoms with Crippen molar-refractivity contribution in [2.45, 2.75) is 41.6 Å². The highest BCUT2D eigenvalue weighted by Crippen LogP contribution is 2.47. The highest BCUT2D eigenvalue weighted by molar-refractivity contribution is 7.99. The normalized spacial score (nSPS) is 19.0. The molecule has 1 saturated heterocycles. The number of para-hydroxylation sites is 2. The Morgan fingerprint density at radius 1 is 0.800 bits per heavy atom. The molecule has 0 bridgehead atoms. The molecule has 0 aliphatic carbocycles. The summed E-state index contributed by atoms with van der Waals surface area (Å²) in [5.74, 6) is 0. The zero-order valence-electron chi connectivity index (χ0n) is 14.6. The molecular weight excluding hydrogens is 328 g/mol.